The summed E-state index contributed by atoms with van der Waals surface area (Å²) in [7, 11) is -2.29. The Morgan fingerprint density at radius 3 is 2.17 bits per heavy atom. The number of carbonyl (C=O) groups excluding carboxylic acids is 1. The minimum atomic E-state index is -3.79. The molecule has 0 spiro atoms. The number of hydrogen-bond donors (Lipinski definition) is 3. The van der Waals surface area contributed by atoms with Gasteiger partial charge in [-0.25, -0.2) is 13.1 Å². The van der Waals surface area contributed by atoms with Crippen LogP contribution in [0.25, 0.3) is 0 Å². The van der Waals surface area contributed by atoms with Crippen molar-refractivity contribution in [1.29, 1.82) is 0 Å². The summed E-state index contributed by atoms with van der Waals surface area (Å²) in [5.74, 6) is -1.76. The van der Waals surface area contributed by atoms with E-state index >= 15 is 0 Å². The summed E-state index contributed by atoms with van der Waals surface area (Å²) in [6.45, 7) is 3.64. The molecule has 1 rings (SSSR count). The molecule has 0 bridgehead atoms. The van der Waals surface area contributed by atoms with Crippen LogP contribution in [0.1, 0.15) is 36.2 Å². The minimum Gasteiger partial charge on any atom is -0.480 e. The van der Waals surface area contributed by atoms with Crippen molar-refractivity contribution in [2.75, 3.05) is 7.05 Å². The van der Waals surface area contributed by atoms with E-state index in [1.165, 1.54) is 31.3 Å². The molecule has 8 heteroatoms. The average molecular weight is 342 g/mol. The van der Waals surface area contributed by atoms with Crippen LogP contribution in [-0.2, 0) is 20.6 Å². The Hall–Kier alpha value is -1.93. The van der Waals surface area contributed by atoms with Crippen LogP contribution in [0, 0.1) is 5.92 Å². The fourth-order valence-electron chi connectivity index (χ4n) is 2.05. The zero-order valence-electron chi connectivity index (χ0n) is 13.4. The number of hydrogen-bond acceptors (Lipinski definition) is 4. The molecule has 23 heavy (non-hydrogen) atoms. The number of benzene rings is 1. The fraction of sp³-hybridized carbons (Fsp3) is 0.467. The Kier molecular flexibility index (Phi) is 6.71. The van der Waals surface area contributed by atoms with Gasteiger partial charge in [0.15, 0.2) is 0 Å². The molecule has 0 radical (unpaired) electrons. The van der Waals surface area contributed by atoms with E-state index in [4.69, 9.17) is 5.11 Å². The third kappa shape index (κ3) is 6.37. The van der Waals surface area contributed by atoms with Crippen LogP contribution in [0.2, 0.25) is 0 Å². The summed E-state index contributed by atoms with van der Waals surface area (Å²) >= 11 is 0. The molecule has 0 fully saturated rings. The number of sulfonamides is 1. The van der Waals surface area contributed by atoms with E-state index in [0.29, 0.717) is 11.1 Å². The zero-order valence-corrected chi connectivity index (χ0v) is 14.2. The fourth-order valence-corrected chi connectivity index (χ4v) is 3.39. The first kappa shape index (κ1) is 19.1. The van der Waals surface area contributed by atoms with Gasteiger partial charge in [0.25, 0.3) is 5.91 Å². The monoisotopic (exact) mass is 342 g/mol. The number of carboxylic acid groups (broad SMARTS) is 1. The van der Waals surface area contributed by atoms with E-state index in [1.807, 2.05) is 13.8 Å². The number of carbonyl (C=O) groups is 2. The first-order chi connectivity index (χ1) is 10.6. The van der Waals surface area contributed by atoms with Crippen LogP contribution < -0.4 is 10.0 Å². The van der Waals surface area contributed by atoms with Gasteiger partial charge < -0.3 is 10.4 Å². The standard InChI is InChI=1S/C15H22N2O5S/c1-10(2)8-13(15(19)20)17-23(21,22)9-11-4-6-12(7-5-11)14(18)16-3/h4-7,10,13,17H,8-9H2,1-3H3,(H,16,18)(H,19,20)/t13-/m1/s1. The lowest BCUT2D eigenvalue weighted by molar-refractivity contribution is -0.139. The normalized spacial score (nSPS) is 12.9. The highest BCUT2D eigenvalue weighted by Gasteiger charge is 2.25. The van der Waals surface area contributed by atoms with Crippen molar-refractivity contribution in [1.82, 2.24) is 10.0 Å². The molecule has 0 aliphatic carbocycles. The molecule has 0 saturated heterocycles. The molecular formula is C15H22N2O5S. The molecule has 7 nitrogen and oxygen atoms in total. The molecule has 0 aliphatic rings. The first-order valence-electron chi connectivity index (χ1n) is 7.18. The summed E-state index contributed by atoms with van der Waals surface area (Å²) in [4.78, 5) is 22.6. The molecule has 1 aromatic rings. The Balaban J connectivity index is 2.81. The minimum absolute atomic E-state index is 0.0469. The molecule has 0 aliphatic heterocycles. The second-order valence-corrected chi connectivity index (χ2v) is 7.43. The second-order valence-electron chi connectivity index (χ2n) is 5.67. The van der Waals surface area contributed by atoms with Gasteiger partial charge >= 0.3 is 5.97 Å². The lowest BCUT2D eigenvalue weighted by Crippen LogP contribution is -2.42. The Morgan fingerprint density at radius 1 is 1.17 bits per heavy atom. The molecule has 0 aromatic heterocycles. The quantitative estimate of drug-likeness (QED) is 0.651. The lowest BCUT2D eigenvalue weighted by atomic mass is 10.1. The predicted octanol–water partition coefficient (Wildman–Crippen LogP) is 0.965. The van der Waals surface area contributed by atoms with E-state index in [0.717, 1.165) is 0 Å². The van der Waals surface area contributed by atoms with Crippen LogP contribution in [0.3, 0.4) is 0 Å². The SMILES string of the molecule is CNC(=O)c1ccc(CS(=O)(=O)N[C@H](CC(C)C)C(=O)O)cc1. The summed E-state index contributed by atoms with van der Waals surface area (Å²) in [6.07, 6.45) is 0.212. The number of amides is 1. The van der Waals surface area contributed by atoms with Gasteiger partial charge in [-0.15, -0.1) is 0 Å². The number of nitrogens with one attached hydrogen (secondary N) is 2. The van der Waals surface area contributed by atoms with Crippen molar-refractivity contribution < 1.29 is 23.1 Å². The molecule has 0 saturated carbocycles. The van der Waals surface area contributed by atoms with Crippen LogP contribution in [0.15, 0.2) is 24.3 Å². The van der Waals surface area contributed by atoms with Gasteiger partial charge in [-0.3, -0.25) is 9.59 Å². The van der Waals surface area contributed by atoms with E-state index in [1.54, 1.807) is 0 Å². The van der Waals surface area contributed by atoms with Gasteiger partial charge in [-0.1, -0.05) is 26.0 Å². The number of carboxylic acids is 1. The maximum absolute atomic E-state index is 12.1. The third-order valence-corrected chi connectivity index (χ3v) is 4.48. The topological polar surface area (TPSA) is 113 Å². The Labute approximate surface area is 136 Å². The maximum atomic E-state index is 12.1. The van der Waals surface area contributed by atoms with Gasteiger partial charge in [-0.2, -0.15) is 0 Å². The van der Waals surface area contributed by atoms with Gasteiger partial charge in [0, 0.05) is 12.6 Å². The summed E-state index contributed by atoms with van der Waals surface area (Å²) < 4.78 is 26.4. The van der Waals surface area contributed by atoms with Crippen molar-refractivity contribution >= 4 is 21.9 Å². The molecular weight excluding hydrogens is 320 g/mol. The highest BCUT2D eigenvalue weighted by atomic mass is 32.2. The van der Waals surface area contributed by atoms with Gasteiger partial charge in [0.1, 0.15) is 6.04 Å². The molecule has 128 valence electrons. The summed E-state index contributed by atoms with van der Waals surface area (Å²) in [6, 6.07) is 4.95. The van der Waals surface area contributed by atoms with E-state index < -0.39 is 22.0 Å². The van der Waals surface area contributed by atoms with Crippen LogP contribution >= 0.6 is 0 Å². The van der Waals surface area contributed by atoms with Crippen LogP contribution in [0.5, 0.6) is 0 Å². The highest BCUT2D eigenvalue weighted by Crippen LogP contribution is 2.11. The zero-order chi connectivity index (χ0) is 17.6. The van der Waals surface area contributed by atoms with Crippen molar-refractivity contribution in [3.63, 3.8) is 0 Å². The molecule has 0 heterocycles. The van der Waals surface area contributed by atoms with Crippen molar-refractivity contribution in [2.45, 2.75) is 32.1 Å². The van der Waals surface area contributed by atoms with Crippen molar-refractivity contribution in [3.05, 3.63) is 35.4 Å². The smallest absolute Gasteiger partial charge is 0.321 e. The third-order valence-electron chi connectivity index (χ3n) is 3.13. The average Bonchev–Trinajstić information content (AvgIpc) is 2.45. The second kappa shape index (κ2) is 8.07. The largest absolute Gasteiger partial charge is 0.480 e. The number of aliphatic carboxylic acids is 1. The van der Waals surface area contributed by atoms with Crippen LogP contribution in [0.4, 0.5) is 0 Å². The maximum Gasteiger partial charge on any atom is 0.321 e. The molecule has 3 N–H and O–H groups in total. The van der Waals surface area contributed by atoms with Gasteiger partial charge in [0.2, 0.25) is 10.0 Å². The van der Waals surface area contributed by atoms with Gasteiger partial charge in [-0.05, 0) is 30.0 Å². The Morgan fingerprint density at radius 2 is 1.74 bits per heavy atom. The number of rotatable bonds is 8. The summed E-state index contributed by atoms with van der Waals surface area (Å²) in [5, 5.41) is 11.6. The highest BCUT2D eigenvalue weighted by molar-refractivity contribution is 7.88. The Bertz CT molecular complexity index is 653. The van der Waals surface area contributed by atoms with E-state index in [2.05, 4.69) is 10.0 Å². The lowest BCUT2D eigenvalue weighted by Gasteiger charge is -2.16. The van der Waals surface area contributed by atoms with E-state index in [9.17, 15) is 18.0 Å². The van der Waals surface area contributed by atoms with Crippen molar-refractivity contribution in [2.24, 2.45) is 5.92 Å². The molecule has 1 atom stereocenters. The molecule has 1 aromatic carbocycles. The van der Waals surface area contributed by atoms with Gasteiger partial charge in [0.05, 0.1) is 5.75 Å². The van der Waals surface area contributed by atoms with E-state index in [-0.39, 0.29) is 24.0 Å². The molecule has 0 unspecified atom stereocenters. The predicted molar refractivity (Wildman–Crippen MR) is 86.5 cm³/mol. The molecule has 1 amide bonds. The van der Waals surface area contributed by atoms with Crippen LogP contribution in [-0.4, -0.2) is 38.5 Å². The first-order valence-corrected chi connectivity index (χ1v) is 8.83. The summed E-state index contributed by atoms with van der Waals surface area (Å²) in [5.41, 5.74) is 0.892. The van der Waals surface area contributed by atoms with Crippen molar-refractivity contribution in [3.8, 4) is 0 Å².